The Morgan fingerprint density at radius 1 is 1.43 bits per heavy atom. The number of nitrogens with one attached hydrogen (secondary N) is 1. The van der Waals surface area contributed by atoms with Gasteiger partial charge in [-0.25, -0.2) is 4.98 Å². The summed E-state index contributed by atoms with van der Waals surface area (Å²) < 4.78 is 0. The monoisotopic (exact) mass is 295 g/mol. The highest BCUT2D eigenvalue weighted by atomic mass is 16.6. The SMILES string of the molecule is CNc1nc(C)c([N+](=O)[O-])c(N(C)CC2(O)CCCC2)n1. The number of hydrogen-bond donors (Lipinski definition) is 2. The van der Waals surface area contributed by atoms with E-state index in [9.17, 15) is 15.2 Å². The minimum atomic E-state index is -0.790. The fourth-order valence-electron chi connectivity index (χ4n) is 2.85. The van der Waals surface area contributed by atoms with Crippen molar-refractivity contribution in [3.8, 4) is 0 Å². The lowest BCUT2D eigenvalue weighted by Crippen LogP contribution is -2.40. The molecule has 1 aliphatic carbocycles. The Balaban J connectivity index is 2.36. The van der Waals surface area contributed by atoms with Gasteiger partial charge < -0.3 is 15.3 Å². The molecule has 116 valence electrons. The first-order valence-corrected chi connectivity index (χ1v) is 7.00. The molecule has 0 unspecified atom stereocenters. The first-order valence-electron chi connectivity index (χ1n) is 7.00. The second kappa shape index (κ2) is 5.80. The maximum atomic E-state index is 11.3. The molecule has 1 aromatic rings. The summed E-state index contributed by atoms with van der Waals surface area (Å²) >= 11 is 0. The van der Waals surface area contributed by atoms with E-state index in [1.54, 1.807) is 25.9 Å². The highest BCUT2D eigenvalue weighted by Gasteiger charge is 2.35. The number of hydrogen-bond acceptors (Lipinski definition) is 7. The third-order valence-corrected chi connectivity index (χ3v) is 3.87. The van der Waals surface area contributed by atoms with Gasteiger partial charge in [-0.1, -0.05) is 12.8 Å². The molecular formula is C13H21N5O3. The van der Waals surface area contributed by atoms with Crippen molar-refractivity contribution in [3.63, 3.8) is 0 Å². The Bertz CT molecular complexity index is 543. The van der Waals surface area contributed by atoms with Crippen LogP contribution >= 0.6 is 0 Å². The van der Waals surface area contributed by atoms with Crippen LogP contribution in [0.5, 0.6) is 0 Å². The van der Waals surface area contributed by atoms with E-state index in [2.05, 4.69) is 15.3 Å². The molecule has 21 heavy (non-hydrogen) atoms. The summed E-state index contributed by atoms with van der Waals surface area (Å²) in [6, 6.07) is 0. The zero-order chi connectivity index (χ0) is 15.6. The van der Waals surface area contributed by atoms with Gasteiger partial charge in [0.05, 0.1) is 10.5 Å². The Morgan fingerprint density at radius 2 is 2.05 bits per heavy atom. The van der Waals surface area contributed by atoms with Gasteiger partial charge in [0.2, 0.25) is 11.8 Å². The van der Waals surface area contributed by atoms with Crippen LogP contribution in [0.15, 0.2) is 0 Å². The number of rotatable bonds is 5. The molecule has 8 heteroatoms. The molecule has 1 aliphatic rings. The molecule has 0 saturated heterocycles. The summed E-state index contributed by atoms with van der Waals surface area (Å²) in [4.78, 5) is 20.7. The molecule has 0 radical (unpaired) electrons. The molecule has 0 aromatic carbocycles. The highest BCUT2D eigenvalue weighted by Crippen LogP contribution is 2.34. The van der Waals surface area contributed by atoms with Crippen molar-refractivity contribution in [2.45, 2.75) is 38.2 Å². The van der Waals surface area contributed by atoms with E-state index in [1.807, 2.05) is 0 Å². The number of aliphatic hydroxyl groups is 1. The number of anilines is 2. The lowest BCUT2D eigenvalue weighted by molar-refractivity contribution is -0.385. The van der Waals surface area contributed by atoms with E-state index in [4.69, 9.17) is 0 Å². The van der Waals surface area contributed by atoms with Crippen molar-refractivity contribution < 1.29 is 10.0 Å². The predicted octanol–water partition coefficient (Wildman–Crippen LogP) is 1.48. The maximum Gasteiger partial charge on any atom is 0.332 e. The van der Waals surface area contributed by atoms with Crippen LogP contribution in [0.25, 0.3) is 0 Å². The van der Waals surface area contributed by atoms with Crippen molar-refractivity contribution >= 4 is 17.5 Å². The Labute approximate surface area is 123 Å². The smallest absolute Gasteiger partial charge is 0.332 e. The zero-order valence-electron chi connectivity index (χ0n) is 12.6. The summed E-state index contributed by atoms with van der Waals surface area (Å²) in [6.45, 7) is 1.91. The van der Waals surface area contributed by atoms with Crippen LogP contribution in [0.4, 0.5) is 17.5 Å². The van der Waals surface area contributed by atoms with E-state index in [1.165, 1.54) is 0 Å². The third kappa shape index (κ3) is 3.21. The molecule has 0 spiro atoms. The fourth-order valence-corrected chi connectivity index (χ4v) is 2.85. The van der Waals surface area contributed by atoms with Gasteiger partial charge in [-0.2, -0.15) is 4.98 Å². The van der Waals surface area contributed by atoms with Gasteiger partial charge in [0.1, 0.15) is 5.69 Å². The third-order valence-electron chi connectivity index (χ3n) is 3.87. The molecule has 0 aliphatic heterocycles. The van der Waals surface area contributed by atoms with Gasteiger partial charge in [0.15, 0.2) is 0 Å². The van der Waals surface area contributed by atoms with Crippen LogP contribution in [0, 0.1) is 17.0 Å². The van der Waals surface area contributed by atoms with Gasteiger partial charge in [-0.05, 0) is 19.8 Å². The number of nitrogens with zero attached hydrogens (tertiary/aromatic N) is 4. The van der Waals surface area contributed by atoms with Gasteiger partial charge >= 0.3 is 5.69 Å². The lowest BCUT2D eigenvalue weighted by atomic mass is 10.0. The first-order chi connectivity index (χ1) is 9.86. The average molecular weight is 295 g/mol. The Morgan fingerprint density at radius 3 is 2.57 bits per heavy atom. The molecule has 2 rings (SSSR count). The van der Waals surface area contributed by atoms with Crippen LogP contribution in [0.3, 0.4) is 0 Å². The van der Waals surface area contributed by atoms with Gasteiger partial charge in [-0.3, -0.25) is 10.1 Å². The molecule has 1 saturated carbocycles. The largest absolute Gasteiger partial charge is 0.388 e. The van der Waals surface area contributed by atoms with Gasteiger partial charge in [0, 0.05) is 20.6 Å². The molecule has 2 N–H and O–H groups in total. The number of likely N-dealkylation sites (N-methyl/N-ethyl adjacent to an activating group) is 1. The minimum Gasteiger partial charge on any atom is -0.388 e. The molecule has 0 bridgehead atoms. The summed E-state index contributed by atoms with van der Waals surface area (Å²) in [7, 11) is 3.37. The molecule has 1 aromatic heterocycles. The summed E-state index contributed by atoms with van der Waals surface area (Å²) in [6.07, 6.45) is 3.40. The van der Waals surface area contributed by atoms with Crippen molar-refractivity contribution in [2.24, 2.45) is 0 Å². The van der Waals surface area contributed by atoms with Crippen molar-refractivity contribution in [2.75, 3.05) is 30.9 Å². The first kappa shape index (κ1) is 15.4. The van der Waals surface area contributed by atoms with E-state index >= 15 is 0 Å². The molecular weight excluding hydrogens is 274 g/mol. The van der Waals surface area contributed by atoms with Crippen LogP contribution in [-0.2, 0) is 0 Å². The maximum absolute atomic E-state index is 11.3. The lowest BCUT2D eigenvalue weighted by Gasteiger charge is -2.29. The minimum absolute atomic E-state index is 0.113. The normalized spacial score (nSPS) is 16.8. The standard InChI is InChI=1S/C13H21N5O3/c1-9-10(18(20)21)11(16-12(14-2)15-9)17(3)8-13(19)6-4-5-7-13/h19H,4-8H2,1-3H3,(H,14,15,16). The average Bonchev–Trinajstić information content (AvgIpc) is 2.83. The van der Waals surface area contributed by atoms with Gasteiger partial charge in [-0.15, -0.1) is 0 Å². The zero-order valence-corrected chi connectivity index (χ0v) is 12.6. The van der Waals surface area contributed by atoms with E-state index in [0.29, 0.717) is 31.0 Å². The fraction of sp³-hybridized carbons (Fsp3) is 0.692. The quantitative estimate of drug-likeness (QED) is 0.626. The van der Waals surface area contributed by atoms with Crippen LogP contribution in [0.1, 0.15) is 31.4 Å². The molecule has 0 amide bonds. The number of aromatic nitrogens is 2. The topological polar surface area (TPSA) is 104 Å². The van der Waals surface area contributed by atoms with Crippen molar-refractivity contribution in [1.29, 1.82) is 0 Å². The van der Waals surface area contributed by atoms with Crippen LogP contribution < -0.4 is 10.2 Å². The number of aryl methyl sites for hydroxylation is 1. The number of nitro groups is 1. The predicted molar refractivity (Wildman–Crippen MR) is 79.7 cm³/mol. The molecule has 8 nitrogen and oxygen atoms in total. The van der Waals surface area contributed by atoms with E-state index in [-0.39, 0.29) is 11.5 Å². The molecule has 0 atom stereocenters. The Kier molecular flexibility index (Phi) is 4.26. The van der Waals surface area contributed by atoms with Crippen LogP contribution in [0.2, 0.25) is 0 Å². The summed E-state index contributed by atoms with van der Waals surface area (Å²) in [5.74, 6) is 0.565. The van der Waals surface area contributed by atoms with E-state index in [0.717, 1.165) is 12.8 Å². The van der Waals surface area contributed by atoms with Crippen molar-refractivity contribution in [1.82, 2.24) is 9.97 Å². The highest BCUT2D eigenvalue weighted by molar-refractivity contribution is 5.62. The Hall–Kier alpha value is -1.96. The van der Waals surface area contributed by atoms with Gasteiger partial charge in [0.25, 0.3) is 0 Å². The summed E-state index contributed by atoms with van der Waals surface area (Å²) in [5, 5.41) is 24.6. The molecule has 1 fully saturated rings. The molecule has 1 heterocycles. The van der Waals surface area contributed by atoms with Crippen LogP contribution in [-0.4, -0.2) is 46.2 Å². The second-order valence-electron chi connectivity index (χ2n) is 5.60. The van der Waals surface area contributed by atoms with E-state index < -0.39 is 10.5 Å². The van der Waals surface area contributed by atoms with Crippen molar-refractivity contribution in [3.05, 3.63) is 15.8 Å². The summed E-state index contributed by atoms with van der Waals surface area (Å²) in [5.41, 5.74) is -0.598. The second-order valence-corrected chi connectivity index (χ2v) is 5.60.